The van der Waals surface area contributed by atoms with Gasteiger partial charge in [0.1, 0.15) is 12.1 Å². The van der Waals surface area contributed by atoms with Crippen LogP contribution >= 0.6 is 0 Å². The maximum atomic E-state index is 5.69. The number of hydrogen-bond donors (Lipinski definition) is 1. The molecule has 6 nitrogen and oxygen atoms in total. The summed E-state index contributed by atoms with van der Waals surface area (Å²) in [5.41, 5.74) is 0.928. The summed E-state index contributed by atoms with van der Waals surface area (Å²) < 4.78 is 7.41. The van der Waals surface area contributed by atoms with Gasteiger partial charge in [-0.15, -0.1) is 0 Å². The summed E-state index contributed by atoms with van der Waals surface area (Å²) in [6.45, 7) is 4.95. The zero-order valence-corrected chi connectivity index (χ0v) is 10.6. The molecule has 1 N–H and O–H groups in total. The second kappa shape index (κ2) is 4.53. The van der Waals surface area contributed by atoms with Crippen molar-refractivity contribution in [2.75, 3.05) is 11.9 Å². The third-order valence-electron chi connectivity index (χ3n) is 3.28. The Morgan fingerprint density at radius 1 is 1.56 bits per heavy atom. The van der Waals surface area contributed by atoms with Gasteiger partial charge in [0.2, 0.25) is 0 Å². The Hall–Kier alpha value is -1.69. The predicted octanol–water partition coefficient (Wildman–Crippen LogP) is 1.41. The molecule has 18 heavy (non-hydrogen) atoms. The lowest BCUT2D eigenvalue weighted by molar-refractivity contribution is 0.0995. The van der Waals surface area contributed by atoms with Crippen LogP contribution in [0.3, 0.4) is 0 Å². The molecule has 0 radical (unpaired) electrons. The van der Waals surface area contributed by atoms with Crippen molar-refractivity contribution in [3.63, 3.8) is 0 Å². The van der Waals surface area contributed by atoms with Crippen LogP contribution < -0.4 is 5.32 Å². The predicted molar refractivity (Wildman–Crippen MR) is 67.6 cm³/mol. The zero-order valence-electron chi connectivity index (χ0n) is 10.6. The molecule has 0 aliphatic carbocycles. The minimum absolute atomic E-state index is 0.252. The van der Waals surface area contributed by atoms with Gasteiger partial charge in [0.25, 0.3) is 5.78 Å². The Kier molecular flexibility index (Phi) is 2.87. The summed E-state index contributed by atoms with van der Waals surface area (Å²) in [6.07, 6.45) is 4.05. The largest absolute Gasteiger partial charge is 0.376 e. The lowest BCUT2D eigenvalue weighted by atomic mass is 10.1. The van der Waals surface area contributed by atoms with Gasteiger partial charge in [-0.3, -0.25) is 0 Å². The number of rotatable bonds is 3. The molecule has 0 bridgehead atoms. The minimum atomic E-state index is 0.252. The molecule has 2 atom stereocenters. The molecule has 0 aromatic carbocycles. The van der Waals surface area contributed by atoms with Crippen molar-refractivity contribution in [2.24, 2.45) is 0 Å². The third kappa shape index (κ3) is 2.03. The molecule has 1 aliphatic rings. The highest BCUT2D eigenvalue weighted by Gasteiger charge is 2.23. The van der Waals surface area contributed by atoms with E-state index in [9.17, 15) is 0 Å². The lowest BCUT2D eigenvalue weighted by Gasteiger charge is -2.21. The third-order valence-corrected chi connectivity index (χ3v) is 3.28. The molecule has 1 saturated heterocycles. The van der Waals surface area contributed by atoms with Crippen molar-refractivity contribution in [1.82, 2.24) is 19.6 Å². The van der Waals surface area contributed by atoms with Crippen LogP contribution in [0.25, 0.3) is 5.78 Å². The topological polar surface area (TPSA) is 64.3 Å². The molecule has 2 aromatic rings. The minimum Gasteiger partial charge on any atom is -0.376 e. The van der Waals surface area contributed by atoms with Gasteiger partial charge in [-0.2, -0.15) is 14.6 Å². The first kappa shape index (κ1) is 11.4. The Morgan fingerprint density at radius 2 is 2.44 bits per heavy atom. The number of aryl methyl sites for hydroxylation is 1. The van der Waals surface area contributed by atoms with Crippen molar-refractivity contribution in [3.05, 3.63) is 18.1 Å². The van der Waals surface area contributed by atoms with Crippen LogP contribution in [-0.2, 0) is 4.74 Å². The second-order valence-corrected chi connectivity index (χ2v) is 4.74. The SMILES string of the molecule is Cc1cc(N[C@@H](C)[C@H]2CCCO2)n2ncnc2n1. The number of hydrogen-bond acceptors (Lipinski definition) is 5. The number of nitrogens with zero attached hydrogens (tertiary/aromatic N) is 4. The molecule has 0 amide bonds. The van der Waals surface area contributed by atoms with Gasteiger partial charge in [0, 0.05) is 18.4 Å². The van der Waals surface area contributed by atoms with Gasteiger partial charge < -0.3 is 10.1 Å². The Labute approximate surface area is 105 Å². The molecule has 2 aromatic heterocycles. The van der Waals surface area contributed by atoms with Crippen LogP contribution in [0, 0.1) is 6.92 Å². The molecule has 1 fully saturated rings. The summed E-state index contributed by atoms with van der Waals surface area (Å²) in [4.78, 5) is 8.43. The molecular weight excluding hydrogens is 230 g/mol. The first-order valence-electron chi connectivity index (χ1n) is 6.29. The van der Waals surface area contributed by atoms with E-state index in [0.717, 1.165) is 31.0 Å². The highest BCUT2D eigenvalue weighted by atomic mass is 16.5. The highest BCUT2D eigenvalue weighted by Crippen LogP contribution is 2.19. The maximum Gasteiger partial charge on any atom is 0.254 e. The van der Waals surface area contributed by atoms with Crippen molar-refractivity contribution in [1.29, 1.82) is 0 Å². The average Bonchev–Trinajstić information content (AvgIpc) is 2.98. The number of aromatic nitrogens is 4. The number of nitrogens with one attached hydrogen (secondary N) is 1. The fourth-order valence-electron chi connectivity index (χ4n) is 2.36. The standard InChI is InChI=1S/C12H17N5O/c1-8-6-11(17-12(15-8)13-7-14-17)16-9(2)10-4-3-5-18-10/h6-7,9-10,16H,3-5H2,1-2H3/t9-,10+/m0/s1. The van der Waals surface area contributed by atoms with Gasteiger partial charge in [-0.05, 0) is 26.7 Å². The number of fused-ring (bicyclic) bond motifs is 1. The average molecular weight is 247 g/mol. The number of anilines is 1. The van der Waals surface area contributed by atoms with E-state index in [-0.39, 0.29) is 12.1 Å². The first-order valence-corrected chi connectivity index (χ1v) is 6.29. The van der Waals surface area contributed by atoms with Crippen LogP contribution in [0.15, 0.2) is 12.4 Å². The summed E-state index contributed by atoms with van der Waals surface area (Å²) in [5.74, 6) is 1.54. The second-order valence-electron chi connectivity index (χ2n) is 4.74. The normalized spacial score (nSPS) is 21.3. The quantitative estimate of drug-likeness (QED) is 0.888. The summed E-state index contributed by atoms with van der Waals surface area (Å²) >= 11 is 0. The van der Waals surface area contributed by atoms with E-state index in [2.05, 4.69) is 27.3 Å². The van der Waals surface area contributed by atoms with E-state index in [1.807, 2.05) is 13.0 Å². The van der Waals surface area contributed by atoms with Crippen molar-refractivity contribution in [2.45, 2.75) is 38.8 Å². The Balaban J connectivity index is 1.86. The molecular formula is C12H17N5O. The van der Waals surface area contributed by atoms with E-state index in [1.54, 1.807) is 4.52 Å². The van der Waals surface area contributed by atoms with E-state index >= 15 is 0 Å². The lowest BCUT2D eigenvalue weighted by Crippen LogP contribution is -2.31. The molecule has 0 unspecified atom stereocenters. The molecule has 6 heteroatoms. The Bertz CT molecular complexity index is 546. The van der Waals surface area contributed by atoms with Gasteiger partial charge in [0.15, 0.2) is 0 Å². The summed E-state index contributed by atoms with van der Waals surface area (Å²) in [6, 6.07) is 2.23. The summed E-state index contributed by atoms with van der Waals surface area (Å²) in [7, 11) is 0. The molecule has 96 valence electrons. The molecule has 3 heterocycles. The molecule has 0 spiro atoms. The van der Waals surface area contributed by atoms with Crippen molar-refractivity contribution >= 4 is 11.6 Å². The van der Waals surface area contributed by atoms with E-state index in [1.165, 1.54) is 6.33 Å². The van der Waals surface area contributed by atoms with Crippen molar-refractivity contribution in [3.8, 4) is 0 Å². The fourth-order valence-corrected chi connectivity index (χ4v) is 2.36. The van der Waals surface area contributed by atoms with Gasteiger partial charge in [-0.1, -0.05) is 0 Å². The van der Waals surface area contributed by atoms with Crippen LogP contribution in [0.4, 0.5) is 5.82 Å². The monoisotopic (exact) mass is 247 g/mol. The van der Waals surface area contributed by atoms with Crippen LogP contribution in [-0.4, -0.2) is 38.3 Å². The molecule has 3 rings (SSSR count). The zero-order chi connectivity index (χ0) is 12.5. The smallest absolute Gasteiger partial charge is 0.254 e. The van der Waals surface area contributed by atoms with Gasteiger partial charge in [0.05, 0.1) is 12.1 Å². The summed E-state index contributed by atoms with van der Waals surface area (Å²) in [5, 5.41) is 7.63. The maximum absolute atomic E-state index is 5.69. The highest BCUT2D eigenvalue weighted by molar-refractivity contribution is 5.45. The van der Waals surface area contributed by atoms with Crippen LogP contribution in [0.5, 0.6) is 0 Å². The van der Waals surface area contributed by atoms with E-state index < -0.39 is 0 Å². The fraction of sp³-hybridized carbons (Fsp3) is 0.583. The van der Waals surface area contributed by atoms with Gasteiger partial charge >= 0.3 is 0 Å². The van der Waals surface area contributed by atoms with Crippen LogP contribution in [0.2, 0.25) is 0 Å². The van der Waals surface area contributed by atoms with E-state index in [4.69, 9.17) is 4.74 Å². The Morgan fingerprint density at radius 3 is 3.22 bits per heavy atom. The van der Waals surface area contributed by atoms with E-state index in [0.29, 0.717) is 5.78 Å². The van der Waals surface area contributed by atoms with Crippen molar-refractivity contribution < 1.29 is 4.74 Å². The molecule has 0 saturated carbocycles. The van der Waals surface area contributed by atoms with Gasteiger partial charge in [-0.25, -0.2) is 4.98 Å². The first-order chi connectivity index (χ1) is 8.74. The number of ether oxygens (including phenoxy) is 1. The molecule has 1 aliphatic heterocycles. The van der Waals surface area contributed by atoms with Crippen LogP contribution in [0.1, 0.15) is 25.5 Å².